The second kappa shape index (κ2) is 6.95. The summed E-state index contributed by atoms with van der Waals surface area (Å²) in [5.74, 6) is 0.109. The molecule has 0 saturated heterocycles. The highest BCUT2D eigenvalue weighted by Crippen LogP contribution is 2.02. The highest BCUT2D eigenvalue weighted by molar-refractivity contribution is 5.66. The molecule has 0 radical (unpaired) electrons. The maximum absolute atomic E-state index is 10.0. The third kappa shape index (κ3) is 8.59. The van der Waals surface area contributed by atoms with Crippen molar-refractivity contribution in [1.82, 2.24) is 0 Å². The van der Waals surface area contributed by atoms with Crippen molar-refractivity contribution in [3.8, 4) is 5.75 Å². The Balaban J connectivity index is 0.000000241. The van der Waals surface area contributed by atoms with E-state index < -0.39 is 0 Å². The van der Waals surface area contributed by atoms with Gasteiger partial charge in [-0.05, 0) is 26.0 Å². The van der Waals surface area contributed by atoms with Gasteiger partial charge in [-0.15, -0.1) is 0 Å². The van der Waals surface area contributed by atoms with Gasteiger partial charge in [0.25, 0.3) is 0 Å². The first-order valence-electron chi connectivity index (χ1n) is 4.43. The molecule has 0 atom stereocenters. The van der Waals surface area contributed by atoms with E-state index in [1.165, 1.54) is 6.92 Å². The van der Waals surface area contributed by atoms with E-state index in [9.17, 15) is 4.79 Å². The van der Waals surface area contributed by atoms with Crippen LogP contribution in [-0.2, 0) is 9.53 Å². The van der Waals surface area contributed by atoms with Crippen LogP contribution in [0.2, 0.25) is 0 Å². The Hall–Kier alpha value is -1.51. The van der Waals surface area contributed by atoms with Gasteiger partial charge in [0.15, 0.2) is 0 Å². The number of rotatable bonds is 1. The summed E-state index contributed by atoms with van der Waals surface area (Å²) in [6.45, 7) is 5.04. The van der Waals surface area contributed by atoms with E-state index in [4.69, 9.17) is 5.11 Å². The summed E-state index contributed by atoms with van der Waals surface area (Å²) in [6, 6.07) is 8.71. The van der Waals surface area contributed by atoms with Crippen molar-refractivity contribution in [3.63, 3.8) is 0 Å². The normalized spacial score (nSPS) is 8.86. The van der Waals surface area contributed by atoms with E-state index in [1.807, 2.05) is 19.9 Å². The fourth-order valence-electron chi connectivity index (χ4n) is 0.760. The molecule has 0 aliphatic heterocycles. The van der Waals surface area contributed by atoms with Gasteiger partial charge in [0.2, 0.25) is 0 Å². The van der Waals surface area contributed by atoms with Crippen LogP contribution in [0.15, 0.2) is 30.3 Å². The molecular formula is C11H16O3. The number of esters is 1. The summed E-state index contributed by atoms with van der Waals surface area (Å²) in [5.41, 5.74) is 0. The lowest BCUT2D eigenvalue weighted by atomic mass is 10.3. The predicted molar refractivity (Wildman–Crippen MR) is 55.0 cm³/mol. The zero-order valence-electron chi connectivity index (χ0n) is 8.73. The first-order chi connectivity index (χ1) is 6.52. The van der Waals surface area contributed by atoms with Crippen molar-refractivity contribution in [2.45, 2.75) is 26.9 Å². The minimum absolute atomic E-state index is 0.0255. The molecule has 0 amide bonds. The first-order valence-corrected chi connectivity index (χ1v) is 4.43. The molecule has 0 fully saturated rings. The fourth-order valence-corrected chi connectivity index (χ4v) is 0.760. The summed E-state index contributed by atoms with van der Waals surface area (Å²) in [6.07, 6.45) is 0.0255. The van der Waals surface area contributed by atoms with E-state index in [-0.39, 0.29) is 12.1 Å². The van der Waals surface area contributed by atoms with Crippen LogP contribution in [0.4, 0.5) is 0 Å². The van der Waals surface area contributed by atoms with Crippen molar-refractivity contribution in [3.05, 3.63) is 30.3 Å². The third-order valence-electron chi connectivity index (χ3n) is 1.16. The SMILES string of the molecule is CC(=O)OC(C)C.Oc1ccccc1. The molecule has 1 aromatic carbocycles. The molecule has 0 unspecified atom stereocenters. The lowest BCUT2D eigenvalue weighted by molar-refractivity contribution is -0.144. The molecule has 14 heavy (non-hydrogen) atoms. The molecule has 0 bridgehead atoms. The van der Waals surface area contributed by atoms with Crippen molar-refractivity contribution in [1.29, 1.82) is 0 Å². The Morgan fingerprint density at radius 1 is 1.29 bits per heavy atom. The number of carbonyl (C=O) groups excluding carboxylic acids is 1. The molecule has 0 aliphatic rings. The number of aromatic hydroxyl groups is 1. The zero-order chi connectivity index (χ0) is 11.0. The Morgan fingerprint density at radius 3 is 1.93 bits per heavy atom. The van der Waals surface area contributed by atoms with Gasteiger partial charge >= 0.3 is 5.97 Å². The monoisotopic (exact) mass is 196 g/mol. The van der Waals surface area contributed by atoms with Crippen molar-refractivity contribution >= 4 is 5.97 Å². The van der Waals surface area contributed by atoms with Crippen LogP contribution in [0.5, 0.6) is 5.75 Å². The number of para-hydroxylation sites is 1. The van der Waals surface area contributed by atoms with Gasteiger partial charge in [0.05, 0.1) is 6.10 Å². The van der Waals surface area contributed by atoms with Crippen LogP contribution in [0, 0.1) is 0 Å². The van der Waals surface area contributed by atoms with Gasteiger partial charge in [-0.3, -0.25) is 4.79 Å². The second-order valence-corrected chi connectivity index (χ2v) is 2.99. The van der Waals surface area contributed by atoms with Gasteiger partial charge in [0, 0.05) is 6.92 Å². The lowest BCUT2D eigenvalue weighted by Crippen LogP contribution is -2.06. The Kier molecular flexibility index (Phi) is 6.20. The molecule has 3 heteroatoms. The van der Waals surface area contributed by atoms with Gasteiger partial charge in [-0.2, -0.15) is 0 Å². The van der Waals surface area contributed by atoms with Crippen LogP contribution >= 0.6 is 0 Å². The van der Waals surface area contributed by atoms with Crippen molar-refractivity contribution < 1.29 is 14.6 Å². The molecule has 0 aliphatic carbocycles. The number of carbonyl (C=O) groups is 1. The quantitative estimate of drug-likeness (QED) is 0.701. The standard InChI is InChI=1S/C6H6O.C5H10O2/c7-6-4-2-1-3-5-6;1-4(2)7-5(3)6/h1-5,7H;4H,1-3H3. The number of phenols is 1. The predicted octanol–water partition coefficient (Wildman–Crippen LogP) is 2.35. The maximum Gasteiger partial charge on any atom is 0.302 e. The highest BCUT2D eigenvalue weighted by Gasteiger charge is 1.93. The average Bonchev–Trinajstić information content (AvgIpc) is 2.03. The number of benzene rings is 1. The third-order valence-corrected chi connectivity index (χ3v) is 1.16. The largest absolute Gasteiger partial charge is 0.508 e. The lowest BCUT2D eigenvalue weighted by Gasteiger charge is -2.01. The van der Waals surface area contributed by atoms with Gasteiger partial charge in [-0.1, -0.05) is 18.2 Å². The highest BCUT2D eigenvalue weighted by atomic mass is 16.5. The van der Waals surface area contributed by atoms with Crippen molar-refractivity contribution in [2.75, 3.05) is 0 Å². The van der Waals surface area contributed by atoms with E-state index in [2.05, 4.69) is 4.74 Å². The second-order valence-electron chi connectivity index (χ2n) is 2.99. The van der Waals surface area contributed by atoms with Gasteiger partial charge in [0.1, 0.15) is 5.75 Å². The zero-order valence-corrected chi connectivity index (χ0v) is 8.73. The molecule has 1 N–H and O–H groups in total. The molecule has 0 heterocycles. The van der Waals surface area contributed by atoms with E-state index >= 15 is 0 Å². The Morgan fingerprint density at radius 2 is 1.79 bits per heavy atom. The van der Waals surface area contributed by atoms with Crippen molar-refractivity contribution in [2.24, 2.45) is 0 Å². The maximum atomic E-state index is 10.0. The summed E-state index contributed by atoms with van der Waals surface area (Å²) in [7, 11) is 0. The molecule has 1 aromatic rings. The van der Waals surface area contributed by atoms with Gasteiger partial charge < -0.3 is 9.84 Å². The van der Waals surface area contributed by atoms with Crippen LogP contribution in [0.3, 0.4) is 0 Å². The summed E-state index contributed by atoms with van der Waals surface area (Å²) in [5, 5.41) is 8.63. The Labute approximate surface area is 84.3 Å². The molecule has 0 spiro atoms. The first kappa shape index (κ1) is 12.5. The van der Waals surface area contributed by atoms with Crippen LogP contribution in [-0.4, -0.2) is 17.2 Å². The number of hydrogen-bond donors (Lipinski definition) is 1. The van der Waals surface area contributed by atoms with E-state index in [1.54, 1.807) is 24.3 Å². The molecule has 0 saturated carbocycles. The fraction of sp³-hybridized carbons (Fsp3) is 0.364. The molecule has 0 aromatic heterocycles. The topological polar surface area (TPSA) is 46.5 Å². The summed E-state index contributed by atoms with van der Waals surface area (Å²) in [4.78, 5) is 10.0. The molecular weight excluding hydrogens is 180 g/mol. The number of phenolic OH excluding ortho intramolecular Hbond substituents is 1. The summed E-state index contributed by atoms with van der Waals surface area (Å²) < 4.78 is 4.61. The molecule has 78 valence electrons. The number of ether oxygens (including phenoxy) is 1. The van der Waals surface area contributed by atoms with E-state index in [0.717, 1.165) is 0 Å². The smallest absolute Gasteiger partial charge is 0.302 e. The number of hydrogen-bond acceptors (Lipinski definition) is 3. The van der Waals surface area contributed by atoms with Gasteiger partial charge in [-0.25, -0.2) is 0 Å². The molecule has 3 nitrogen and oxygen atoms in total. The van der Waals surface area contributed by atoms with Crippen LogP contribution < -0.4 is 0 Å². The van der Waals surface area contributed by atoms with E-state index in [0.29, 0.717) is 5.75 Å². The minimum Gasteiger partial charge on any atom is -0.508 e. The van der Waals surface area contributed by atoms with Crippen LogP contribution in [0.25, 0.3) is 0 Å². The molecule has 1 rings (SSSR count). The van der Waals surface area contributed by atoms with Crippen LogP contribution in [0.1, 0.15) is 20.8 Å². The minimum atomic E-state index is -0.213. The summed E-state index contributed by atoms with van der Waals surface area (Å²) >= 11 is 0. The average molecular weight is 196 g/mol. The Bertz CT molecular complexity index is 254.